The number of nitrogens with zero attached hydrogens (tertiary/aromatic N) is 7. The van der Waals surface area contributed by atoms with Crippen LogP contribution in [-0.4, -0.2) is 78.5 Å². The molecular formula is C27H34N9OPS. The van der Waals surface area contributed by atoms with Crippen LogP contribution in [0.3, 0.4) is 0 Å². The third-order valence-electron chi connectivity index (χ3n) is 6.88. The molecule has 2 aromatic heterocycles. The topological polar surface area (TPSA) is 94.6 Å². The number of aromatic nitrogens is 4. The first-order chi connectivity index (χ1) is 18.9. The van der Waals surface area contributed by atoms with Crippen molar-refractivity contribution < 1.29 is 4.74 Å². The van der Waals surface area contributed by atoms with E-state index in [0.29, 0.717) is 11.8 Å². The summed E-state index contributed by atoms with van der Waals surface area (Å²) in [5.41, 5.74) is 6.64. The van der Waals surface area contributed by atoms with E-state index < -0.39 is 0 Å². The minimum Gasteiger partial charge on any atom is -0.494 e. The fourth-order valence-electron chi connectivity index (χ4n) is 4.66. The third-order valence-corrected chi connectivity index (χ3v) is 8.03. The summed E-state index contributed by atoms with van der Waals surface area (Å²) in [5.74, 6) is 1.88. The number of methoxy groups -OCH3 is 1. The molecular weight excluding hydrogens is 529 g/mol. The Morgan fingerprint density at radius 3 is 2.54 bits per heavy atom. The van der Waals surface area contributed by atoms with Crippen LogP contribution in [0.15, 0.2) is 42.9 Å². The monoisotopic (exact) mass is 563 g/mol. The Hall–Kier alpha value is -3.40. The van der Waals surface area contributed by atoms with Crippen LogP contribution in [0.25, 0.3) is 11.0 Å². The molecule has 12 heteroatoms. The quantitative estimate of drug-likeness (QED) is 0.239. The SMILES string of the molecule is COc1cc(N2CCN(C)CC2)c(C)cc1Nc1ncc(P)c(Nc2ccc3nccnc3c2N(C)SC)n1. The van der Waals surface area contributed by atoms with Gasteiger partial charge in [0.15, 0.2) is 0 Å². The molecule has 5 rings (SSSR count). The summed E-state index contributed by atoms with van der Waals surface area (Å²) in [5, 5.41) is 7.71. The Kier molecular flexibility index (Phi) is 8.20. The molecule has 1 unspecified atom stereocenters. The lowest BCUT2D eigenvalue weighted by Gasteiger charge is -2.35. The van der Waals surface area contributed by atoms with Crippen LogP contribution in [0.2, 0.25) is 0 Å². The summed E-state index contributed by atoms with van der Waals surface area (Å²) >= 11 is 1.60. The molecule has 0 bridgehead atoms. The van der Waals surface area contributed by atoms with Gasteiger partial charge in [0.25, 0.3) is 0 Å². The minimum atomic E-state index is 0.467. The molecule has 1 fully saturated rings. The molecule has 39 heavy (non-hydrogen) atoms. The van der Waals surface area contributed by atoms with Crippen molar-refractivity contribution in [3.63, 3.8) is 0 Å². The summed E-state index contributed by atoms with van der Waals surface area (Å²) in [6.45, 7) is 6.21. The van der Waals surface area contributed by atoms with Gasteiger partial charge in [0, 0.05) is 75.1 Å². The second kappa shape index (κ2) is 11.8. The molecule has 4 aromatic rings. The predicted molar refractivity (Wildman–Crippen MR) is 167 cm³/mol. The Bertz CT molecular complexity index is 1480. The van der Waals surface area contributed by atoms with Gasteiger partial charge in [-0.25, -0.2) is 4.98 Å². The molecule has 1 aliphatic rings. The van der Waals surface area contributed by atoms with E-state index in [-0.39, 0.29) is 0 Å². The molecule has 1 aliphatic heterocycles. The number of aryl methyl sites for hydroxylation is 1. The second-order valence-electron chi connectivity index (χ2n) is 9.44. The van der Waals surface area contributed by atoms with Gasteiger partial charge in [0.05, 0.1) is 29.7 Å². The molecule has 0 saturated carbocycles. The highest BCUT2D eigenvalue weighted by molar-refractivity contribution is 7.99. The van der Waals surface area contributed by atoms with E-state index in [1.807, 2.05) is 25.4 Å². The first-order valence-corrected chi connectivity index (χ1v) is 14.4. The average Bonchev–Trinajstić information content (AvgIpc) is 2.95. The van der Waals surface area contributed by atoms with Gasteiger partial charge in [0.1, 0.15) is 17.1 Å². The summed E-state index contributed by atoms with van der Waals surface area (Å²) in [4.78, 5) is 23.2. The highest BCUT2D eigenvalue weighted by Crippen LogP contribution is 2.37. The number of anilines is 6. The van der Waals surface area contributed by atoms with Crippen molar-refractivity contribution >= 4 is 72.0 Å². The molecule has 0 aliphatic carbocycles. The number of hydrogen-bond acceptors (Lipinski definition) is 11. The van der Waals surface area contributed by atoms with Crippen molar-refractivity contribution in [2.45, 2.75) is 6.92 Å². The third kappa shape index (κ3) is 5.80. The van der Waals surface area contributed by atoms with Crippen molar-refractivity contribution in [1.82, 2.24) is 24.8 Å². The maximum atomic E-state index is 5.77. The van der Waals surface area contributed by atoms with Crippen LogP contribution in [0.5, 0.6) is 5.75 Å². The van der Waals surface area contributed by atoms with Gasteiger partial charge in [-0.2, -0.15) is 4.98 Å². The van der Waals surface area contributed by atoms with E-state index in [1.165, 1.54) is 11.3 Å². The average molecular weight is 564 g/mol. The fourth-order valence-corrected chi connectivity index (χ4v) is 5.24. The maximum Gasteiger partial charge on any atom is 0.229 e. The molecule has 2 aromatic carbocycles. The zero-order valence-corrected chi connectivity index (χ0v) is 24.9. The number of rotatable bonds is 8. The highest BCUT2D eigenvalue weighted by Gasteiger charge is 2.19. The molecule has 204 valence electrons. The number of ether oxygens (including phenoxy) is 1. The highest BCUT2D eigenvalue weighted by atomic mass is 32.2. The zero-order valence-electron chi connectivity index (χ0n) is 22.9. The van der Waals surface area contributed by atoms with E-state index in [1.54, 1.807) is 37.6 Å². The van der Waals surface area contributed by atoms with Crippen molar-refractivity contribution in [3.8, 4) is 5.75 Å². The molecule has 0 radical (unpaired) electrons. The van der Waals surface area contributed by atoms with Crippen LogP contribution in [0.1, 0.15) is 5.56 Å². The number of piperazine rings is 1. The molecule has 1 saturated heterocycles. The Labute approximate surface area is 235 Å². The molecule has 1 atom stereocenters. The van der Waals surface area contributed by atoms with Crippen molar-refractivity contribution in [2.24, 2.45) is 0 Å². The van der Waals surface area contributed by atoms with Gasteiger partial charge >= 0.3 is 0 Å². The number of likely N-dealkylation sites (N-methyl/N-ethyl adjacent to an activating group) is 1. The number of hydrogen-bond donors (Lipinski definition) is 2. The lowest BCUT2D eigenvalue weighted by atomic mass is 10.1. The van der Waals surface area contributed by atoms with Crippen molar-refractivity contribution in [2.75, 3.05) is 73.5 Å². The van der Waals surface area contributed by atoms with Crippen molar-refractivity contribution in [1.29, 1.82) is 0 Å². The summed E-state index contributed by atoms with van der Waals surface area (Å²) in [7, 11) is 8.57. The molecule has 3 heterocycles. The van der Waals surface area contributed by atoms with Crippen LogP contribution in [0.4, 0.5) is 34.5 Å². The van der Waals surface area contributed by atoms with Gasteiger partial charge in [-0.15, -0.1) is 0 Å². The fraction of sp³-hybridized carbons (Fsp3) is 0.333. The van der Waals surface area contributed by atoms with E-state index in [9.17, 15) is 0 Å². The number of nitrogens with one attached hydrogen (secondary N) is 2. The van der Waals surface area contributed by atoms with E-state index >= 15 is 0 Å². The van der Waals surface area contributed by atoms with E-state index in [2.05, 4.69) is 75.0 Å². The summed E-state index contributed by atoms with van der Waals surface area (Å²) in [6, 6.07) is 8.17. The molecule has 0 amide bonds. The van der Waals surface area contributed by atoms with Crippen LogP contribution in [0, 0.1) is 6.92 Å². The van der Waals surface area contributed by atoms with Gasteiger partial charge in [0.2, 0.25) is 5.95 Å². The lowest BCUT2D eigenvalue weighted by Crippen LogP contribution is -2.44. The lowest BCUT2D eigenvalue weighted by molar-refractivity contribution is 0.312. The van der Waals surface area contributed by atoms with Crippen LogP contribution in [-0.2, 0) is 0 Å². The molecule has 10 nitrogen and oxygen atoms in total. The standard InChI is InChI=1S/C27H34N9OPS/c1-17-14-20(22(37-4)15-21(17)36-12-10-34(2)11-13-36)32-27-30-16-23(38)26(33-27)31-19-7-6-18-24(29-9-8-28-18)25(19)35(3)39-5/h6-9,14-16H,10-13,38H2,1-5H3,(H2,30,31,32,33). The Morgan fingerprint density at radius 2 is 1.79 bits per heavy atom. The van der Waals surface area contributed by atoms with Gasteiger partial charge in [-0.1, -0.05) is 21.2 Å². The summed E-state index contributed by atoms with van der Waals surface area (Å²) < 4.78 is 7.84. The van der Waals surface area contributed by atoms with Gasteiger partial charge < -0.3 is 29.5 Å². The van der Waals surface area contributed by atoms with E-state index in [0.717, 1.165) is 65.3 Å². The van der Waals surface area contributed by atoms with Crippen molar-refractivity contribution in [3.05, 3.63) is 48.4 Å². The van der Waals surface area contributed by atoms with Crippen LogP contribution < -0.4 is 29.9 Å². The largest absolute Gasteiger partial charge is 0.494 e. The second-order valence-corrected chi connectivity index (χ2v) is 11.0. The van der Waals surface area contributed by atoms with E-state index in [4.69, 9.17) is 9.72 Å². The molecule has 0 spiro atoms. The molecule has 2 N–H and O–H groups in total. The number of fused-ring (bicyclic) bond motifs is 1. The maximum absolute atomic E-state index is 5.77. The van der Waals surface area contributed by atoms with Crippen LogP contribution >= 0.6 is 21.2 Å². The van der Waals surface area contributed by atoms with Gasteiger partial charge in [-0.3, -0.25) is 9.97 Å². The van der Waals surface area contributed by atoms with Gasteiger partial charge in [-0.05, 0) is 37.7 Å². The Morgan fingerprint density at radius 1 is 1.03 bits per heavy atom. The zero-order chi connectivity index (χ0) is 27.5. The minimum absolute atomic E-state index is 0.467. The Balaban J connectivity index is 1.44. The normalized spacial score (nSPS) is 13.9. The smallest absolute Gasteiger partial charge is 0.229 e. The predicted octanol–water partition coefficient (Wildman–Crippen LogP) is 4.19. The first-order valence-electron chi connectivity index (χ1n) is 12.7. The summed E-state index contributed by atoms with van der Waals surface area (Å²) in [6.07, 6.45) is 7.22. The first kappa shape index (κ1) is 27.2. The number of benzene rings is 2.